The molecule has 7 rings (SSSR count). The molecule has 156 valence electrons. The lowest BCUT2D eigenvalue weighted by Gasteiger charge is -2.51. The number of anilines is 1. The second kappa shape index (κ2) is 6.23. The van der Waals surface area contributed by atoms with E-state index in [9.17, 15) is 24.3 Å². The average Bonchev–Trinajstić information content (AvgIpc) is 3.10. The van der Waals surface area contributed by atoms with E-state index in [-0.39, 0.29) is 23.1 Å². The highest BCUT2D eigenvalue weighted by Gasteiger charge is 2.68. The molecule has 6 heteroatoms. The van der Waals surface area contributed by atoms with Crippen LogP contribution in [0.2, 0.25) is 0 Å². The first-order valence-electron chi connectivity index (χ1n) is 10.3. The van der Waals surface area contributed by atoms with Gasteiger partial charge in [-0.25, -0.2) is 4.90 Å². The summed E-state index contributed by atoms with van der Waals surface area (Å²) < 4.78 is 0. The summed E-state index contributed by atoms with van der Waals surface area (Å²) >= 11 is 0. The zero-order chi connectivity index (χ0) is 22.2. The molecule has 2 bridgehead atoms. The molecular formula is C26H16NO5-. The molecule has 4 aliphatic rings. The van der Waals surface area contributed by atoms with Crippen LogP contribution in [0.4, 0.5) is 5.69 Å². The topological polar surface area (TPSA) is 94.6 Å². The number of carbonyl (C=O) groups is 4. The number of hydrogen-bond donors (Lipinski definition) is 0. The van der Waals surface area contributed by atoms with Gasteiger partial charge in [0.2, 0.25) is 11.8 Å². The van der Waals surface area contributed by atoms with E-state index >= 15 is 0 Å². The molecule has 2 amide bonds. The Bertz CT molecular complexity index is 1290. The number of benzene rings is 3. The van der Waals surface area contributed by atoms with Gasteiger partial charge in [-0.1, -0.05) is 60.7 Å². The SMILES string of the molecule is O=CC12c3ccccc3C(c3ccccc31)[C@@H]1C(=O)N(c3ccc(C(=O)[O-])cc3)C(=O)[C@H]12. The minimum Gasteiger partial charge on any atom is -0.545 e. The molecular weight excluding hydrogens is 406 g/mol. The first-order chi connectivity index (χ1) is 15.5. The van der Waals surface area contributed by atoms with Crippen molar-refractivity contribution in [1.82, 2.24) is 0 Å². The van der Waals surface area contributed by atoms with Crippen LogP contribution in [0.1, 0.15) is 38.5 Å². The number of aromatic carboxylic acids is 1. The Balaban J connectivity index is 1.58. The maximum Gasteiger partial charge on any atom is 0.239 e. The van der Waals surface area contributed by atoms with Crippen molar-refractivity contribution in [2.75, 3.05) is 4.90 Å². The lowest BCUT2D eigenvalue weighted by Crippen LogP contribution is -2.54. The summed E-state index contributed by atoms with van der Waals surface area (Å²) in [5.74, 6) is -4.06. The van der Waals surface area contributed by atoms with Crippen LogP contribution in [0.25, 0.3) is 0 Å². The van der Waals surface area contributed by atoms with Crippen LogP contribution in [0.15, 0.2) is 72.8 Å². The van der Waals surface area contributed by atoms with Crippen molar-refractivity contribution in [3.63, 3.8) is 0 Å². The summed E-state index contributed by atoms with van der Waals surface area (Å²) in [5.41, 5.74) is 2.33. The summed E-state index contributed by atoms with van der Waals surface area (Å²) in [7, 11) is 0. The van der Waals surface area contributed by atoms with Gasteiger partial charge in [0.05, 0.1) is 28.9 Å². The summed E-state index contributed by atoms with van der Waals surface area (Å²) in [5, 5.41) is 11.1. The lowest BCUT2D eigenvalue weighted by atomic mass is 9.48. The van der Waals surface area contributed by atoms with Crippen LogP contribution in [0, 0.1) is 11.8 Å². The summed E-state index contributed by atoms with van der Waals surface area (Å²) in [6.45, 7) is 0. The monoisotopic (exact) mass is 422 g/mol. The van der Waals surface area contributed by atoms with Gasteiger partial charge >= 0.3 is 0 Å². The summed E-state index contributed by atoms with van der Waals surface area (Å²) in [6.07, 6.45) is 0.825. The molecule has 0 unspecified atom stereocenters. The predicted octanol–water partition coefficient (Wildman–Crippen LogP) is 1.80. The van der Waals surface area contributed by atoms with Crippen LogP contribution >= 0.6 is 0 Å². The number of rotatable bonds is 3. The molecule has 3 aromatic rings. The molecule has 1 saturated heterocycles. The van der Waals surface area contributed by atoms with Gasteiger partial charge in [0.1, 0.15) is 6.29 Å². The summed E-state index contributed by atoms with van der Waals surface area (Å²) in [6, 6.07) is 20.5. The van der Waals surface area contributed by atoms with Crippen LogP contribution in [0.5, 0.6) is 0 Å². The van der Waals surface area contributed by atoms with Crippen molar-refractivity contribution in [3.8, 4) is 0 Å². The molecule has 0 N–H and O–H groups in total. The first-order valence-corrected chi connectivity index (χ1v) is 10.3. The van der Waals surface area contributed by atoms with Crippen LogP contribution in [-0.2, 0) is 19.8 Å². The minimum absolute atomic E-state index is 0.0468. The Morgan fingerprint density at radius 3 is 1.94 bits per heavy atom. The van der Waals surface area contributed by atoms with Crippen LogP contribution in [0.3, 0.4) is 0 Å². The second-order valence-electron chi connectivity index (χ2n) is 8.49. The molecule has 2 atom stereocenters. The Morgan fingerprint density at radius 2 is 1.41 bits per heavy atom. The predicted molar refractivity (Wildman–Crippen MR) is 112 cm³/mol. The van der Waals surface area contributed by atoms with Crippen LogP contribution < -0.4 is 10.0 Å². The molecule has 0 spiro atoms. The normalized spacial score (nSPS) is 27.0. The molecule has 3 aliphatic carbocycles. The van der Waals surface area contributed by atoms with Crippen molar-refractivity contribution < 1.29 is 24.3 Å². The molecule has 3 aromatic carbocycles. The van der Waals surface area contributed by atoms with Gasteiger partial charge in [0.25, 0.3) is 0 Å². The zero-order valence-electron chi connectivity index (χ0n) is 16.7. The number of carboxylic acid groups (broad SMARTS) is 1. The minimum atomic E-state index is -1.34. The van der Waals surface area contributed by atoms with Gasteiger partial charge in [-0.15, -0.1) is 0 Å². The van der Waals surface area contributed by atoms with Crippen molar-refractivity contribution in [2.45, 2.75) is 11.3 Å². The highest BCUT2D eigenvalue weighted by Crippen LogP contribution is 2.63. The van der Waals surface area contributed by atoms with Gasteiger partial charge in [-0.3, -0.25) is 9.59 Å². The van der Waals surface area contributed by atoms with Crippen molar-refractivity contribution in [2.24, 2.45) is 11.8 Å². The third-order valence-corrected chi connectivity index (χ3v) is 7.23. The van der Waals surface area contributed by atoms with Gasteiger partial charge in [0.15, 0.2) is 0 Å². The quantitative estimate of drug-likeness (QED) is 0.474. The fourth-order valence-electron chi connectivity index (χ4n) is 6.03. The number of hydrogen-bond acceptors (Lipinski definition) is 5. The van der Waals surface area contributed by atoms with Gasteiger partial charge < -0.3 is 14.7 Å². The Labute approximate surface area is 183 Å². The van der Waals surface area contributed by atoms with Crippen molar-refractivity contribution >= 4 is 29.8 Å². The number of amides is 2. The molecule has 0 aromatic heterocycles. The standard InChI is InChI=1S/C26H17NO5/c28-13-26-18-7-3-1-5-16(18)20(17-6-2-4-8-19(17)26)21-22(26)24(30)27(23(21)29)15-11-9-14(10-12-15)25(31)32/h1-13,20-22H,(H,31,32)/p-1/t20?,21-,22-,26?/m0/s1. The van der Waals surface area contributed by atoms with Crippen LogP contribution in [-0.4, -0.2) is 24.1 Å². The molecule has 1 fully saturated rings. The fourth-order valence-corrected chi connectivity index (χ4v) is 6.03. The van der Waals surface area contributed by atoms with E-state index in [4.69, 9.17) is 0 Å². The van der Waals surface area contributed by atoms with E-state index in [1.54, 1.807) is 0 Å². The third kappa shape index (κ3) is 2.04. The molecule has 0 radical (unpaired) electrons. The smallest absolute Gasteiger partial charge is 0.239 e. The molecule has 0 saturated carbocycles. The lowest BCUT2D eigenvalue weighted by molar-refractivity contribution is -0.255. The van der Waals surface area contributed by atoms with Crippen molar-refractivity contribution in [1.29, 1.82) is 0 Å². The van der Waals surface area contributed by atoms with Gasteiger partial charge in [0, 0.05) is 5.92 Å². The maximum atomic E-state index is 13.8. The van der Waals surface area contributed by atoms with Crippen molar-refractivity contribution in [3.05, 3.63) is 101 Å². The number of imide groups is 1. The summed E-state index contributed by atoms with van der Waals surface area (Å²) in [4.78, 5) is 52.5. The highest BCUT2D eigenvalue weighted by atomic mass is 16.4. The van der Waals surface area contributed by atoms with E-state index in [1.807, 2.05) is 48.5 Å². The first kappa shape index (κ1) is 18.7. The second-order valence-corrected chi connectivity index (χ2v) is 8.49. The van der Waals surface area contributed by atoms with E-state index in [2.05, 4.69) is 0 Å². The molecule has 32 heavy (non-hydrogen) atoms. The zero-order valence-corrected chi connectivity index (χ0v) is 16.7. The number of nitrogens with zero attached hydrogens (tertiary/aromatic N) is 1. The van der Waals surface area contributed by atoms with E-state index in [0.717, 1.165) is 33.4 Å². The Hall–Kier alpha value is -4.06. The largest absolute Gasteiger partial charge is 0.545 e. The molecule has 6 nitrogen and oxygen atoms in total. The fraction of sp³-hybridized carbons (Fsp3) is 0.154. The third-order valence-electron chi connectivity index (χ3n) is 7.23. The molecule has 1 aliphatic heterocycles. The average molecular weight is 422 g/mol. The van der Waals surface area contributed by atoms with E-state index in [1.165, 1.54) is 24.3 Å². The van der Waals surface area contributed by atoms with E-state index < -0.39 is 29.1 Å². The number of carbonyl (C=O) groups excluding carboxylic acids is 4. The molecule has 1 heterocycles. The highest BCUT2D eigenvalue weighted by molar-refractivity contribution is 6.24. The maximum absolute atomic E-state index is 13.8. The Morgan fingerprint density at radius 1 is 0.844 bits per heavy atom. The Kier molecular flexibility index (Phi) is 3.64. The van der Waals surface area contributed by atoms with Gasteiger partial charge in [-0.2, -0.15) is 0 Å². The van der Waals surface area contributed by atoms with E-state index in [0.29, 0.717) is 0 Å². The van der Waals surface area contributed by atoms with Gasteiger partial charge in [-0.05, 0) is 39.9 Å². The number of aldehydes is 1. The number of carboxylic acids is 1.